The van der Waals surface area contributed by atoms with Gasteiger partial charge in [-0.2, -0.15) is 0 Å². The molecule has 1 aliphatic heterocycles. The molecule has 0 aromatic heterocycles. The van der Waals surface area contributed by atoms with E-state index in [4.69, 9.17) is 0 Å². The number of rotatable bonds is 1. The summed E-state index contributed by atoms with van der Waals surface area (Å²) in [4.78, 5) is 13.7. The van der Waals surface area contributed by atoms with Crippen molar-refractivity contribution in [1.29, 1.82) is 0 Å². The van der Waals surface area contributed by atoms with Crippen molar-refractivity contribution in [3.63, 3.8) is 0 Å². The molecular weight excluding hydrogens is 166 g/mol. The van der Waals surface area contributed by atoms with Gasteiger partial charge in [0.15, 0.2) is 0 Å². The third kappa shape index (κ3) is 1.35. The van der Waals surface area contributed by atoms with Crippen LogP contribution >= 0.6 is 0 Å². The highest BCUT2D eigenvalue weighted by Crippen LogP contribution is 2.35. The Bertz CT molecular complexity index is 223. The van der Waals surface area contributed by atoms with E-state index in [0.29, 0.717) is 18.9 Å². The molecule has 1 atom stereocenters. The number of carbonyl (C=O) groups excluding carboxylic acids is 1. The van der Waals surface area contributed by atoms with Gasteiger partial charge in [0, 0.05) is 12.6 Å². The molecule has 1 aliphatic carbocycles. The standard InChI is InChI=1S/C10H17NO2/c1-8-4-2-7-11(8)9(12)10(13)5-3-6-10/h8,13H,2-7H2,1H3. The fourth-order valence-corrected chi connectivity index (χ4v) is 2.23. The molecule has 0 aromatic rings. The molecule has 74 valence electrons. The number of likely N-dealkylation sites (tertiary alicyclic amines) is 1. The summed E-state index contributed by atoms with van der Waals surface area (Å²) in [5, 5.41) is 9.87. The molecule has 3 nitrogen and oxygen atoms in total. The van der Waals surface area contributed by atoms with Crippen LogP contribution in [-0.2, 0) is 4.79 Å². The Hall–Kier alpha value is -0.570. The number of nitrogens with zero attached hydrogens (tertiary/aromatic N) is 1. The van der Waals surface area contributed by atoms with Crippen molar-refractivity contribution in [2.24, 2.45) is 0 Å². The van der Waals surface area contributed by atoms with E-state index in [2.05, 4.69) is 6.92 Å². The van der Waals surface area contributed by atoms with E-state index >= 15 is 0 Å². The Morgan fingerprint density at radius 1 is 1.46 bits per heavy atom. The molecule has 0 radical (unpaired) electrons. The highest BCUT2D eigenvalue weighted by atomic mass is 16.3. The van der Waals surface area contributed by atoms with Crippen molar-refractivity contribution in [3.05, 3.63) is 0 Å². The Morgan fingerprint density at radius 2 is 2.15 bits per heavy atom. The third-order valence-corrected chi connectivity index (χ3v) is 3.39. The molecule has 1 heterocycles. The van der Waals surface area contributed by atoms with E-state index in [9.17, 15) is 9.90 Å². The van der Waals surface area contributed by atoms with Gasteiger partial charge in [0.05, 0.1) is 0 Å². The Labute approximate surface area is 78.7 Å². The SMILES string of the molecule is CC1CCCN1C(=O)C1(O)CCC1. The first-order valence-corrected chi connectivity index (χ1v) is 5.17. The van der Waals surface area contributed by atoms with Crippen LogP contribution in [0.5, 0.6) is 0 Å². The van der Waals surface area contributed by atoms with Crippen molar-refractivity contribution < 1.29 is 9.90 Å². The second-order valence-electron chi connectivity index (χ2n) is 4.37. The van der Waals surface area contributed by atoms with E-state index < -0.39 is 5.60 Å². The van der Waals surface area contributed by atoms with Gasteiger partial charge in [-0.3, -0.25) is 4.79 Å². The van der Waals surface area contributed by atoms with Gasteiger partial charge in [-0.15, -0.1) is 0 Å². The first-order valence-electron chi connectivity index (χ1n) is 5.17. The third-order valence-electron chi connectivity index (χ3n) is 3.39. The lowest BCUT2D eigenvalue weighted by Crippen LogP contribution is -2.54. The highest BCUT2D eigenvalue weighted by molar-refractivity contribution is 5.86. The summed E-state index contributed by atoms with van der Waals surface area (Å²) in [6.07, 6.45) is 4.49. The number of amides is 1. The maximum atomic E-state index is 11.8. The van der Waals surface area contributed by atoms with Gasteiger partial charge in [0.2, 0.25) is 0 Å². The van der Waals surface area contributed by atoms with Crippen LogP contribution in [0.15, 0.2) is 0 Å². The van der Waals surface area contributed by atoms with Gasteiger partial charge in [0.1, 0.15) is 5.60 Å². The fraction of sp³-hybridized carbons (Fsp3) is 0.900. The molecular formula is C10H17NO2. The summed E-state index contributed by atoms with van der Waals surface area (Å²) in [6.45, 7) is 2.90. The van der Waals surface area contributed by atoms with Gasteiger partial charge < -0.3 is 10.0 Å². The zero-order valence-corrected chi connectivity index (χ0v) is 8.12. The average Bonchev–Trinajstić information content (AvgIpc) is 2.46. The van der Waals surface area contributed by atoms with Crippen molar-refractivity contribution in [1.82, 2.24) is 4.90 Å². The lowest BCUT2D eigenvalue weighted by Gasteiger charge is -2.39. The molecule has 2 fully saturated rings. The first kappa shape index (κ1) is 9.00. The number of aliphatic hydroxyl groups is 1. The predicted octanol–water partition coefficient (Wildman–Crippen LogP) is 0.912. The molecule has 0 bridgehead atoms. The van der Waals surface area contributed by atoms with Crippen LogP contribution in [-0.4, -0.2) is 34.1 Å². The lowest BCUT2D eigenvalue weighted by molar-refractivity contribution is -0.160. The first-order chi connectivity index (χ1) is 6.13. The molecule has 1 unspecified atom stereocenters. The van der Waals surface area contributed by atoms with Crippen LogP contribution < -0.4 is 0 Å². The lowest BCUT2D eigenvalue weighted by atomic mass is 9.79. The molecule has 3 heteroatoms. The Kier molecular flexibility index (Phi) is 2.06. The number of hydrogen-bond acceptors (Lipinski definition) is 2. The van der Waals surface area contributed by atoms with Crippen LogP contribution in [0.3, 0.4) is 0 Å². The van der Waals surface area contributed by atoms with Crippen molar-refractivity contribution in [2.75, 3.05) is 6.54 Å². The molecule has 0 aromatic carbocycles. The van der Waals surface area contributed by atoms with E-state index in [-0.39, 0.29) is 5.91 Å². The zero-order valence-electron chi connectivity index (χ0n) is 8.12. The van der Waals surface area contributed by atoms with Crippen LogP contribution in [0.25, 0.3) is 0 Å². The van der Waals surface area contributed by atoms with E-state index in [1.54, 1.807) is 0 Å². The highest BCUT2D eigenvalue weighted by Gasteiger charge is 2.46. The molecule has 0 spiro atoms. The van der Waals surface area contributed by atoms with E-state index in [1.165, 1.54) is 0 Å². The molecule has 1 amide bonds. The van der Waals surface area contributed by atoms with Crippen LogP contribution in [0.2, 0.25) is 0 Å². The fourth-order valence-electron chi connectivity index (χ4n) is 2.23. The molecule has 2 rings (SSSR count). The minimum atomic E-state index is -0.987. The molecule has 2 aliphatic rings. The van der Waals surface area contributed by atoms with Crippen molar-refractivity contribution in [2.45, 2.75) is 50.7 Å². The maximum absolute atomic E-state index is 11.8. The topological polar surface area (TPSA) is 40.5 Å². The second-order valence-corrected chi connectivity index (χ2v) is 4.37. The summed E-state index contributed by atoms with van der Waals surface area (Å²) in [5.41, 5.74) is -0.987. The van der Waals surface area contributed by atoms with Crippen molar-refractivity contribution >= 4 is 5.91 Å². The Balaban J connectivity index is 2.03. The van der Waals surface area contributed by atoms with Crippen LogP contribution in [0, 0.1) is 0 Å². The van der Waals surface area contributed by atoms with Gasteiger partial charge >= 0.3 is 0 Å². The smallest absolute Gasteiger partial charge is 0.254 e. The van der Waals surface area contributed by atoms with Crippen LogP contribution in [0.4, 0.5) is 0 Å². The predicted molar refractivity (Wildman–Crippen MR) is 49.2 cm³/mol. The number of carbonyl (C=O) groups is 1. The summed E-state index contributed by atoms with van der Waals surface area (Å²) >= 11 is 0. The second kappa shape index (κ2) is 2.98. The summed E-state index contributed by atoms with van der Waals surface area (Å²) in [5.74, 6) is -0.0243. The van der Waals surface area contributed by atoms with Gasteiger partial charge in [-0.25, -0.2) is 0 Å². The summed E-state index contributed by atoms with van der Waals surface area (Å²) in [6, 6.07) is 0.331. The summed E-state index contributed by atoms with van der Waals surface area (Å²) in [7, 11) is 0. The van der Waals surface area contributed by atoms with Crippen molar-refractivity contribution in [3.8, 4) is 0 Å². The summed E-state index contributed by atoms with van der Waals surface area (Å²) < 4.78 is 0. The van der Waals surface area contributed by atoms with Crippen LogP contribution in [0.1, 0.15) is 39.0 Å². The molecule has 1 N–H and O–H groups in total. The Morgan fingerprint density at radius 3 is 2.54 bits per heavy atom. The minimum absolute atomic E-state index is 0.0243. The van der Waals surface area contributed by atoms with Gasteiger partial charge in [-0.05, 0) is 39.0 Å². The molecule has 1 saturated heterocycles. The van der Waals surface area contributed by atoms with Gasteiger partial charge in [-0.1, -0.05) is 0 Å². The minimum Gasteiger partial charge on any atom is -0.380 e. The number of hydrogen-bond donors (Lipinski definition) is 1. The molecule has 1 saturated carbocycles. The average molecular weight is 183 g/mol. The quantitative estimate of drug-likeness (QED) is 0.656. The zero-order chi connectivity index (χ0) is 9.47. The molecule has 13 heavy (non-hydrogen) atoms. The van der Waals surface area contributed by atoms with E-state index in [1.807, 2.05) is 4.90 Å². The largest absolute Gasteiger partial charge is 0.380 e. The maximum Gasteiger partial charge on any atom is 0.254 e. The monoisotopic (exact) mass is 183 g/mol. The normalized spacial score (nSPS) is 31.5. The van der Waals surface area contributed by atoms with E-state index in [0.717, 1.165) is 25.8 Å². The van der Waals surface area contributed by atoms with Gasteiger partial charge in [0.25, 0.3) is 5.91 Å².